The molecule has 0 atom stereocenters. The summed E-state index contributed by atoms with van der Waals surface area (Å²) in [4.78, 5) is 28.3. The average Bonchev–Trinajstić information content (AvgIpc) is 2.55. The Bertz CT molecular complexity index is 631. The molecule has 0 radical (unpaired) electrons. The minimum Gasteiger partial charge on any atom is -0.462 e. The van der Waals surface area contributed by atoms with E-state index in [1.54, 1.807) is 13.8 Å². The standard InChI is InChI=1S/C17H17NO4/c1-3-21-16(19)13-10-18-11-14(17(20)22-4-2)15(13)12-8-6-5-7-9-12/h5-11H,3-4H2,1-2H3. The Morgan fingerprint density at radius 2 is 1.41 bits per heavy atom. The predicted molar refractivity (Wildman–Crippen MR) is 81.6 cm³/mol. The van der Waals surface area contributed by atoms with Gasteiger partial charge in [-0.25, -0.2) is 9.59 Å². The third kappa shape index (κ3) is 3.31. The zero-order valence-electron chi connectivity index (χ0n) is 12.5. The molecule has 1 aromatic heterocycles. The van der Waals surface area contributed by atoms with Crippen LogP contribution in [-0.2, 0) is 9.47 Å². The highest BCUT2D eigenvalue weighted by atomic mass is 16.5. The molecule has 5 nitrogen and oxygen atoms in total. The minimum atomic E-state index is -0.514. The van der Waals surface area contributed by atoms with Gasteiger partial charge in [-0.2, -0.15) is 0 Å². The summed E-state index contributed by atoms with van der Waals surface area (Å²) >= 11 is 0. The Morgan fingerprint density at radius 1 is 0.909 bits per heavy atom. The first-order valence-electron chi connectivity index (χ1n) is 7.06. The molecule has 5 heteroatoms. The van der Waals surface area contributed by atoms with Crippen molar-refractivity contribution < 1.29 is 19.1 Å². The van der Waals surface area contributed by atoms with E-state index < -0.39 is 11.9 Å². The van der Waals surface area contributed by atoms with E-state index in [2.05, 4.69) is 4.98 Å². The summed E-state index contributed by atoms with van der Waals surface area (Å²) in [6.07, 6.45) is 2.81. The molecular weight excluding hydrogens is 282 g/mol. The Morgan fingerprint density at radius 3 is 1.86 bits per heavy atom. The fourth-order valence-electron chi connectivity index (χ4n) is 2.10. The molecule has 0 fully saturated rings. The van der Waals surface area contributed by atoms with Gasteiger partial charge in [-0.3, -0.25) is 4.98 Å². The van der Waals surface area contributed by atoms with Crippen molar-refractivity contribution in [2.24, 2.45) is 0 Å². The summed E-state index contributed by atoms with van der Waals surface area (Å²) in [6, 6.07) is 9.17. The number of benzene rings is 1. The second-order valence-corrected chi connectivity index (χ2v) is 4.42. The van der Waals surface area contributed by atoms with Crippen LogP contribution in [0.15, 0.2) is 42.7 Å². The molecule has 0 aliphatic rings. The first-order chi connectivity index (χ1) is 10.7. The van der Waals surface area contributed by atoms with Crippen LogP contribution in [0.1, 0.15) is 34.6 Å². The maximum atomic E-state index is 12.2. The molecule has 0 bridgehead atoms. The molecule has 114 valence electrons. The van der Waals surface area contributed by atoms with Gasteiger partial charge >= 0.3 is 11.9 Å². The Kier molecular flexibility index (Phi) is 5.25. The summed E-state index contributed by atoms with van der Waals surface area (Å²) in [5.41, 5.74) is 1.71. The van der Waals surface area contributed by atoms with E-state index in [0.29, 0.717) is 5.56 Å². The maximum Gasteiger partial charge on any atom is 0.340 e. The van der Waals surface area contributed by atoms with Gasteiger partial charge in [0.1, 0.15) is 0 Å². The van der Waals surface area contributed by atoms with E-state index in [9.17, 15) is 9.59 Å². The van der Waals surface area contributed by atoms with Crippen molar-refractivity contribution in [3.05, 3.63) is 53.9 Å². The number of rotatable bonds is 5. The molecule has 2 rings (SSSR count). The molecule has 0 amide bonds. The minimum absolute atomic E-state index is 0.247. The molecule has 0 saturated heterocycles. The zero-order chi connectivity index (χ0) is 15.9. The van der Waals surface area contributed by atoms with Gasteiger partial charge in [-0.1, -0.05) is 30.3 Å². The molecular formula is C17H17NO4. The van der Waals surface area contributed by atoms with Crippen LogP contribution < -0.4 is 0 Å². The van der Waals surface area contributed by atoms with Crippen molar-refractivity contribution in [3.63, 3.8) is 0 Å². The van der Waals surface area contributed by atoms with Crippen LogP contribution in [0.3, 0.4) is 0 Å². The van der Waals surface area contributed by atoms with Crippen LogP contribution >= 0.6 is 0 Å². The van der Waals surface area contributed by atoms with E-state index >= 15 is 0 Å². The van der Waals surface area contributed by atoms with Crippen molar-refractivity contribution >= 4 is 11.9 Å². The lowest BCUT2D eigenvalue weighted by molar-refractivity contribution is 0.0526. The van der Waals surface area contributed by atoms with Crippen LogP contribution in [0.4, 0.5) is 0 Å². The number of pyridine rings is 1. The lowest BCUT2D eigenvalue weighted by Gasteiger charge is -2.13. The number of ether oxygens (including phenoxy) is 2. The smallest absolute Gasteiger partial charge is 0.340 e. The normalized spacial score (nSPS) is 10.1. The first-order valence-corrected chi connectivity index (χ1v) is 7.06. The van der Waals surface area contributed by atoms with Crippen LogP contribution in [-0.4, -0.2) is 30.1 Å². The third-order valence-corrected chi connectivity index (χ3v) is 3.00. The number of nitrogens with zero attached hydrogens (tertiary/aromatic N) is 1. The second-order valence-electron chi connectivity index (χ2n) is 4.42. The Labute approximate surface area is 128 Å². The third-order valence-electron chi connectivity index (χ3n) is 3.00. The molecule has 0 spiro atoms. The molecule has 1 heterocycles. The zero-order valence-corrected chi connectivity index (χ0v) is 12.5. The number of hydrogen-bond donors (Lipinski definition) is 0. The van der Waals surface area contributed by atoms with Gasteiger partial charge in [0.15, 0.2) is 0 Å². The number of carbonyl (C=O) groups excluding carboxylic acids is 2. The fourth-order valence-corrected chi connectivity index (χ4v) is 2.10. The largest absolute Gasteiger partial charge is 0.462 e. The van der Waals surface area contributed by atoms with Gasteiger partial charge in [0.2, 0.25) is 0 Å². The van der Waals surface area contributed by atoms with E-state index in [-0.39, 0.29) is 24.3 Å². The number of hydrogen-bond acceptors (Lipinski definition) is 5. The van der Waals surface area contributed by atoms with Gasteiger partial charge in [-0.05, 0) is 19.4 Å². The van der Waals surface area contributed by atoms with Gasteiger partial charge in [0.05, 0.1) is 24.3 Å². The second kappa shape index (κ2) is 7.36. The first kappa shape index (κ1) is 15.7. The molecule has 0 N–H and O–H groups in total. The monoisotopic (exact) mass is 299 g/mol. The Hall–Kier alpha value is -2.69. The molecule has 0 aliphatic carbocycles. The predicted octanol–water partition coefficient (Wildman–Crippen LogP) is 3.10. The number of esters is 2. The molecule has 0 unspecified atom stereocenters. The highest BCUT2D eigenvalue weighted by Crippen LogP contribution is 2.28. The van der Waals surface area contributed by atoms with E-state index in [0.717, 1.165) is 5.56 Å². The summed E-state index contributed by atoms with van der Waals surface area (Å²) < 4.78 is 10.1. The lowest BCUT2D eigenvalue weighted by atomic mass is 9.96. The Balaban J connectivity index is 2.62. The van der Waals surface area contributed by atoms with Crippen molar-refractivity contribution in [1.82, 2.24) is 4.98 Å². The molecule has 1 aromatic carbocycles. The highest BCUT2D eigenvalue weighted by molar-refractivity contribution is 6.05. The summed E-state index contributed by atoms with van der Waals surface area (Å²) in [7, 11) is 0. The van der Waals surface area contributed by atoms with E-state index in [1.165, 1.54) is 12.4 Å². The average molecular weight is 299 g/mol. The van der Waals surface area contributed by atoms with Gasteiger partial charge in [-0.15, -0.1) is 0 Å². The van der Waals surface area contributed by atoms with Crippen molar-refractivity contribution in [3.8, 4) is 11.1 Å². The maximum absolute atomic E-state index is 12.2. The molecule has 2 aromatic rings. The van der Waals surface area contributed by atoms with Crippen molar-refractivity contribution in [1.29, 1.82) is 0 Å². The fraction of sp³-hybridized carbons (Fsp3) is 0.235. The summed E-state index contributed by atoms with van der Waals surface area (Å²) in [5.74, 6) is -1.03. The van der Waals surface area contributed by atoms with Crippen LogP contribution in [0, 0.1) is 0 Å². The van der Waals surface area contributed by atoms with E-state index in [4.69, 9.17) is 9.47 Å². The number of carbonyl (C=O) groups is 2. The van der Waals surface area contributed by atoms with Crippen molar-refractivity contribution in [2.45, 2.75) is 13.8 Å². The molecule has 0 saturated carbocycles. The summed E-state index contributed by atoms with van der Waals surface area (Å²) in [5, 5.41) is 0. The topological polar surface area (TPSA) is 65.5 Å². The van der Waals surface area contributed by atoms with Crippen LogP contribution in [0.5, 0.6) is 0 Å². The SMILES string of the molecule is CCOC(=O)c1cncc(C(=O)OCC)c1-c1ccccc1. The quantitative estimate of drug-likeness (QED) is 0.794. The van der Waals surface area contributed by atoms with Gasteiger partial charge in [0, 0.05) is 18.0 Å². The lowest BCUT2D eigenvalue weighted by Crippen LogP contribution is -2.13. The van der Waals surface area contributed by atoms with E-state index in [1.807, 2.05) is 30.3 Å². The van der Waals surface area contributed by atoms with Crippen LogP contribution in [0.25, 0.3) is 11.1 Å². The van der Waals surface area contributed by atoms with Crippen LogP contribution in [0.2, 0.25) is 0 Å². The summed E-state index contributed by atoms with van der Waals surface area (Å²) in [6.45, 7) is 3.94. The molecule has 0 aliphatic heterocycles. The van der Waals surface area contributed by atoms with Gasteiger partial charge < -0.3 is 9.47 Å². The molecule has 22 heavy (non-hydrogen) atoms. The number of aromatic nitrogens is 1. The van der Waals surface area contributed by atoms with Crippen molar-refractivity contribution in [2.75, 3.05) is 13.2 Å². The van der Waals surface area contributed by atoms with Gasteiger partial charge in [0.25, 0.3) is 0 Å². The highest BCUT2D eigenvalue weighted by Gasteiger charge is 2.22.